The summed E-state index contributed by atoms with van der Waals surface area (Å²) in [5, 5.41) is 6.93. The normalized spacial score (nSPS) is 18.7. The molecule has 0 saturated carbocycles. The van der Waals surface area contributed by atoms with Crippen LogP contribution in [0.3, 0.4) is 0 Å². The van der Waals surface area contributed by atoms with Crippen LogP contribution in [0, 0.1) is 0 Å². The van der Waals surface area contributed by atoms with Gasteiger partial charge in [-0.15, -0.1) is 0 Å². The fourth-order valence-electron chi connectivity index (χ4n) is 3.51. The van der Waals surface area contributed by atoms with E-state index < -0.39 is 0 Å². The van der Waals surface area contributed by atoms with E-state index in [1.54, 1.807) is 0 Å². The van der Waals surface area contributed by atoms with E-state index in [1.807, 2.05) is 7.05 Å². The Bertz CT molecular complexity index is 502. The lowest BCUT2D eigenvalue weighted by Gasteiger charge is -2.24. The maximum atomic E-state index is 4.35. The van der Waals surface area contributed by atoms with E-state index in [0.29, 0.717) is 6.04 Å². The Morgan fingerprint density at radius 3 is 2.80 bits per heavy atom. The number of benzene rings is 1. The van der Waals surface area contributed by atoms with E-state index in [4.69, 9.17) is 0 Å². The average Bonchev–Trinajstić information content (AvgIpc) is 3.09. The van der Waals surface area contributed by atoms with Gasteiger partial charge >= 0.3 is 0 Å². The first kappa shape index (κ1) is 19.7. The Balaban J connectivity index is 1.59. The van der Waals surface area contributed by atoms with Crippen LogP contribution in [0.15, 0.2) is 35.3 Å². The molecule has 0 spiro atoms. The number of guanidine groups is 1. The van der Waals surface area contributed by atoms with Gasteiger partial charge in [0.2, 0.25) is 0 Å². The largest absolute Gasteiger partial charge is 0.356 e. The van der Waals surface area contributed by atoms with Gasteiger partial charge in [0.25, 0.3) is 0 Å². The topological polar surface area (TPSA) is 42.9 Å². The van der Waals surface area contributed by atoms with Crippen LogP contribution in [0.5, 0.6) is 0 Å². The van der Waals surface area contributed by atoms with Gasteiger partial charge in [-0.1, -0.05) is 37.3 Å². The molecule has 25 heavy (non-hydrogen) atoms. The molecule has 1 heterocycles. The van der Waals surface area contributed by atoms with Crippen molar-refractivity contribution in [3.05, 3.63) is 35.9 Å². The first-order chi connectivity index (χ1) is 12.2. The van der Waals surface area contributed by atoms with Crippen molar-refractivity contribution in [3.63, 3.8) is 0 Å². The predicted molar refractivity (Wildman–Crippen MR) is 107 cm³/mol. The molecule has 0 aromatic heterocycles. The number of nitrogens with one attached hydrogen (secondary N) is 2. The van der Waals surface area contributed by atoms with E-state index in [1.165, 1.54) is 24.9 Å². The lowest BCUT2D eigenvalue weighted by atomic mass is 10.2. The smallest absolute Gasteiger partial charge is 0.191 e. The molecule has 2 N–H and O–H groups in total. The summed E-state index contributed by atoms with van der Waals surface area (Å²) >= 11 is 0. The molecule has 1 aliphatic rings. The molecule has 140 valence electrons. The Morgan fingerprint density at radius 2 is 2.08 bits per heavy atom. The van der Waals surface area contributed by atoms with Crippen molar-refractivity contribution < 1.29 is 0 Å². The highest BCUT2D eigenvalue weighted by molar-refractivity contribution is 5.79. The molecule has 0 bridgehead atoms. The lowest BCUT2D eigenvalue weighted by molar-refractivity contribution is 0.267. The third kappa shape index (κ3) is 7.04. The molecular formula is C20H35N5. The summed E-state index contributed by atoms with van der Waals surface area (Å²) in [5.74, 6) is 0.925. The maximum absolute atomic E-state index is 4.35. The first-order valence-electron chi connectivity index (χ1n) is 9.64. The minimum atomic E-state index is 0.653. The van der Waals surface area contributed by atoms with Gasteiger partial charge in [-0.25, -0.2) is 0 Å². The minimum Gasteiger partial charge on any atom is -0.356 e. The molecule has 5 heteroatoms. The number of hydrogen-bond acceptors (Lipinski definition) is 3. The minimum absolute atomic E-state index is 0.653. The Hall–Kier alpha value is -1.59. The second kappa shape index (κ2) is 11.1. The summed E-state index contributed by atoms with van der Waals surface area (Å²) in [4.78, 5) is 9.27. The molecule has 0 amide bonds. The van der Waals surface area contributed by atoms with Gasteiger partial charge in [0.1, 0.15) is 0 Å². The quantitative estimate of drug-likeness (QED) is 0.409. The predicted octanol–water partition coefficient (Wildman–Crippen LogP) is 2.16. The van der Waals surface area contributed by atoms with Crippen LogP contribution in [0.4, 0.5) is 0 Å². The van der Waals surface area contributed by atoms with E-state index in [0.717, 1.165) is 45.1 Å². The van der Waals surface area contributed by atoms with Gasteiger partial charge in [-0.05, 0) is 51.5 Å². The molecule has 1 atom stereocenters. The SMILES string of the molecule is CCN1CCCC1CNC(=NC)NCCCN(C)Cc1ccccc1. The van der Waals surface area contributed by atoms with E-state index in [2.05, 4.69) is 69.7 Å². The fraction of sp³-hybridized carbons (Fsp3) is 0.650. The van der Waals surface area contributed by atoms with Gasteiger partial charge in [0.15, 0.2) is 5.96 Å². The van der Waals surface area contributed by atoms with Gasteiger partial charge in [0, 0.05) is 32.7 Å². The van der Waals surface area contributed by atoms with Crippen molar-refractivity contribution >= 4 is 5.96 Å². The van der Waals surface area contributed by atoms with Crippen LogP contribution < -0.4 is 10.6 Å². The van der Waals surface area contributed by atoms with Crippen molar-refractivity contribution in [1.82, 2.24) is 20.4 Å². The zero-order chi connectivity index (χ0) is 17.9. The Kier molecular flexibility index (Phi) is 8.77. The number of hydrogen-bond donors (Lipinski definition) is 2. The van der Waals surface area contributed by atoms with Crippen LogP contribution >= 0.6 is 0 Å². The number of likely N-dealkylation sites (N-methyl/N-ethyl adjacent to an activating group) is 1. The van der Waals surface area contributed by atoms with Crippen LogP contribution in [-0.2, 0) is 6.54 Å². The van der Waals surface area contributed by atoms with Crippen LogP contribution in [-0.4, -0.2) is 68.6 Å². The second-order valence-electron chi connectivity index (χ2n) is 6.88. The first-order valence-corrected chi connectivity index (χ1v) is 9.64. The zero-order valence-corrected chi connectivity index (χ0v) is 16.2. The molecule has 0 radical (unpaired) electrons. The molecule has 1 fully saturated rings. The highest BCUT2D eigenvalue weighted by atomic mass is 15.2. The maximum Gasteiger partial charge on any atom is 0.191 e. The molecule has 1 saturated heterocycles. The molecular weight excluding hydrogens is 310 g/mol. The van der Waals surface area contributed by atoms with Gasteiger partial charge in [0.05, 0.1) is 0 Å². The van der Waals surface area contributed by atoms with Gasteiger partial charge in [-0.2, -0.15) is 0 Å². The van der Waals surface area contributed by atoms with E-state index in [-0.39, 0.29) is 0 Å². The summed E-state index contributed by atoms with van der Waals surface area (Å²) in [6, 6.07) is 11.3. The summed E-state index contributed by atoms with van der Waals surface area (Å²) in [6.45, 7) is 8.64. The van der Waals surface area contributed by atoms with Crippen molar-refractivity contribution in [2.75, 3.05) is 46.8 Å². The third-order valence-corrected chi connectivity index (χ3v) is 4.94. The van der Waals surface area contributed by atoms with Gasteiger partial charge < -0.3 is 15.5 Å². The van der Waals surface area contributed by atoms with E-state index >= 15 is 0 Å². The van der Waals surface area contributed by atoms with Crippen LogP contribution in [0.2, 0.25) is 0 Å². The Labute approximate surface area is 153 Å². The summed E-state index contributed by atoms with van der Waals surface area (Å²) in [5.41, 5.74) is 1.37. The molecule has 5 nitrogen and oxygen atoms in total. The number of nitrogens with zero attached hydrogens (tertiary/aromatic N) is 3. The van der Waals surface area contributed by atoms with Crippen molar-refractivity contribution in [2.45, 2.75) is 38.8 Å². The summed E-state index contributed by atoms with van der Waals surface area (Å²) in [6.07, 6.45) is 3.72. The number of aliphatic imine (C=N–C) groups is 1. The molecule has 1 unspecified atom stereocenters. The summed E-state index contributed by atoms with van der Waals surface area (Å²) < 4.78 is 0. The van der Waals surface area contributed by atoms with Crippen LogP contribution in [0.25, 0.3) is 0 Å². The molecule has 1 aromatic rings. The average molecular weight is 346 g/mol. The molecule has 1 aliphatic heterocycles. The Morgan fingerprint density at radius 1 is 1.28 bits per heavy atom. The fourth-order valence-corrected chi connectivity index (χ4v) is 3.51. The highest BCUT2D eigenvalue weighted by Crippen LogP contribution is 2.15. The zero-order valence-electron chi connectivity index (χ0n) is 16.2. The highest BCUT2D eigenvalue weighted by Gasteiger charge is 2.22. The monoisotopic (exact) mass is 345 g/mol. The number of rotatable bonds is 9. The second-order valence-corrected chi connectivity index (χ2v) is 6.88. The standard InChI is InChI=1S/C20H35N5/c1-4-25-15-8-12-19(25)16-23-20(21-2)22-13-9-14-24(3)17-18-10-6-5-7-11-18/h5-7,10-11,19H,4,8-9,12-17H2,1-3H3,(H2,21,22,23). The van der Waals surface area contributed by atoms with Crippen molar-refractivity contribution in [3.8, 4) is 0 Å². The van der Waals surface area contributed by atoms with Crippen molar-refractivity contribution in [1.29, 1.82) is 0 Å². The number of likely N-dealkylation sites (tertiary alicyclic amines) is 1. The third-order valence-electron chi connectivity index (χ3n) is 4.94. The summed E-state index contributed by atoms with van der Waals surface area (Å²) in [7, 11) is 4.03. The molecule has 2 rings (SSSR count). The molecule has 1 aromatic carbocycles. The lowest BCUT2D eigenvalue weighted by Crippen LogP contribution is -2.45. The van der Waals surface area contributed by atoms with E-state index in [9.17, 15) is 0 Å². The van der Waals surface area contributed by atoms with Crippen LogP contribution in [0.1, 0.15) is 31.7 Å². The van der Waals surface area contributed by atoms with Crippen molar-refractivity contribution in [2.24, 2.45) is 4.99 Å². The van der Waals surface area contributed by atoms with Gasteiger partial charge in [-0.3, -0.25) is 9.89 Å². The molecule has 0 aliphatic carbocycles.